The van der Waals surface area contributed by atoms with Crippen LogP contribution in [0.25, 0.3) is 0 Å². The van der Waals surface area contributed by atoms with Gasteiger partial charge in [0.15, 0.2) is 0 Å². The van der Waals surface area contributed by atoms with Gasteiger partial charge in [-0.05, 0) is 20.8 Å². The van der Waals surface area contributed by atoms with E-state index in [-0.39, 0.29) is 19.8 Å². The Bertz CT molecular complexity index is 731. The predicted molar refractivity (Wildman–Crippen MR) is 86.6 cm³/mol. The molecular weight excluding hydrogens is 414 g/mol. The smallest absolute Gasteiger partial charge is 0.425 e. The Hall–Kier alpha value is -4.17. The highest BCUT2D eigenvalue weighted by molar-refractivity contribution is 6.31. The van der Waals surface area contributed by atoms with Gasteiger partial charge in [-0.2, -0.15) is 0 Å². The number of ether oxygens (including phenoxy) is 6. The lowest BCUT2D eigenvalue weighted by atomic mass is 10.6. The lowest BCUT2D eigenvalue weighted by Gasteiger charge is -2.07. The van der Waals surface area contributed by atoms with Gasteiger partial charge < -0.3 is 28.4 Å². The fourth-order valence-electron chi connectivity index (χ4n) is 1.40. The van der Waals surface area contributed by atoms with Gasteiger partial charge in [-0.1, -0.05) is 0 Å². The maximum Gasteiger partial charge on any atom is 0.425 e. The van der Waals surface area contributed by atoms with Crippen LogP contribution in [0.1, 0.15) is 20.8 Å². The molecule has 0 aromatic carbocycles. The van der Waals surface area contributed by atoms with Gasteiger partial charge in [0.1, 0.15) is 0 Å². The standard InChI is InChI=1S/C15H15N3O12/c1-4-25-7(19)10(22)28-13-16-14(29-11(23)8(20)26-5-2)18-15(17-13)30-12(24)9(21)27-6-3/h4-6H2,1-3H3. The second kappa shape index (κ2) is 11.6. The average Bonchev–Trinajstić information content (AvgIpc) is 2.68. The molecule has 15 heteroatoms. The number of nitrogens with zero attached hydrogens (tertiary/aromatic N) is 3. The fourth-order valence-corrected chi connectivity index (χ4v) is 1.40. The summed E-state index contributed by atoms with van der Waals surface area (Å²) in [5.41, 5.74) is 0. The zero-order valence-electron chi connectivity index (χ0n) is 15.9. The van der Waals surface area contributed by atoms with E-state index in [0.717, 1.165) is 0 Å². The van der Waals surface area contributed by atoms with E-state index in [2.05, 4.69) is 43.4 Å². The average molecular weight is 429 g/mol. The normalized spacial score (nSPS) is 9.70. The molecule has 162 valence electrons. The topological polar surface area (TPSA) is 196 Å². The summed E-state index contributed by atoms with van der Waals surface area (Å²) in [6, 6.07) is -2.95. The summed E-state index contributed by atoms with van der Waals surface area (Å²) < 4.78 is 26.7. The van der Waals surface area contributed by atoms with Crippen LogP contribution in [0, 0.1) is 0 Å². The number of hydrogen-bond donors (Lipinski definition) is 0. The summed E-state index contributed by atoms with van der Waals surface area (Å²) in [5.74, 6) is -8.95. The van der Waals surface area contributed by atoms with Gasteiger partial charge in [-0.15, -0.1) is 15.0 Å². The maximum absolute atomic E-state index is 11.6. The second-order valence-electron chi connectivity index (χ2n) is 4.51. The molecule has 0 saturated heterocycles. The molecule has 0 aliphatic heterocycles. The summed E-state index contributed by atoms with van der Waals surface area (Å²) in [6.07, 6.45) is 0. The first-order valence-electron chi connectivity index (χ1n) is 8.14. The summed E-state index contributed by atoms with van der Waals surface area (Å²) >= 11 is 0. The van der Waals surface area contributed by atoms with Gasteiger partial charge in [0.05, 0.1) is 19.8 Å². The molecule has 1 heterocycles. The highest BCUT2D eigenvalue weighted by Crippen LogP contribution is 2.16. The number of rotatable bonds is 6. The molecule has 1 aromatic rings. The number of esters is 6. The Morgan fingerprint density at radius 1 is 0.500 bits per heavy atom. The Balaban J connectivity index is 3.13. The molecule has 0 radical (unpaired) electrons. The minimum Gasteiger partial charge on any atom is -0.458 e. The van der Waals surface area contributed by atoms with E-state index in [1.807, 2.05) is 0 Å². The first kappa shape index (κ1) is 23.9. The lowest BCUT2D eigenvalue weighted by molar-refractivity contribution is -0.163. The van der Waals surface area contributed by atoms with Crippen molar-refractivity contribution in [1.29, 1.82) is 0 Å². The quantitative estimate of drug-likeness (QED) is 0.281. The summed E-state index contributed by atoms with van der Waals surface area (Å²) in [7, 11) is 0. The number of carbonyl (C=O) groups excluding carboxylic acids is 6. The van der Waals surface area contributed by atoms with Crippen molar-refractivity contribution in [1.82, 2.24) is 15.0 Å². The molecule has 0 aliphatic rings. The van der Waals surface area contributed by atoms with Crippen molar-refractivity contribution < 1.29 is 57.2 Å². The van der Waals surface area contributed by atoms with Crippen LogP contribution >= 0.6 is 0 Å². The van der Waals surface area contributed by atoms with Crippen molar-refractivity contribution in [2.45, 2.75) is 20.8 Å². The molecule has 0 aliphatic carbocycles. The van der Waals surface area contributed by atoms with Crippen molar-refractivity contribution in [2.75, 3.05) is 19.8 Å². The predicted octanol–water partition coefficient (Wildman–Crippen LogP) is -1.72. The van der Waals surface area contributed by atoms with E-state index in [1.165, 1.54) is 20.8 Å². The molecule has 30 heavy (non-hydrogen) atoms. The molecule has 0 bridgehead atoms. The molecule has 15 nitrogen and oxygen atoms in total. The zero-order valence-corrected chi connectivity index (χ0v) is 15.9. The molecular formula is C15H15N3O12. The minimum atomic E-state index is -1.58. The monoisotopic (exact) mass is 429 g/mol. The molecule has 0 fully saturated rings. The Morgan fingerprint density at radius 2 is 0.733 bits per heavy atom. The SMILES string of the molecule is CCOC(=O)C(=O)Oc1nc(OC(=O)C(=O)OCC)nc(OC(=O)C(=O)OCC)n1. The van der Waals surface area contributed by atoms with E-state index in [4.69, 9.17) is 0 Å². The van der Waals surface area contributed by atoms with Gasteiger partial charge in [-0.25, -0.2) is 28.8 Å². The number of aromatic nitrogens is 3. The third-order valence-electron chi connectivity index (χ3n) is 2.45. The highest BCUT2D eigenvalue weighted by atomic mass is 16.6. The molecule has 0 amide bonds. The Kier molecular flexibility index (Phi) is 9.25. The van der Waals surface area contributed by atoms with Crippen LogP contribution in [0.15, 0.2) is 0 Å². The molecule has 0 saturated carbocycles. The third-order valence-corrected chi connectivity index (χ3v) is 2.45. The first-order chi connectivity index (χ1) is 14.2. The van der Waals surface area contributed by atoms with E-state index < -0.39 is 53.8 Å². The highest BCUT2D eigenvalue weighted by Gasteiger charge is 2.26. The van der Waals surface area contributed by atoms with Crippen LogP contribution in [0.4, 0.5) is 0 Å². The minimum absolute atomic E-state index is 0.143. The van der Waals surface area contributed by atoms with Crippen molar-refractivity contribution in [3.63, 3.8) is 0 Å². The molecule has 1 rings (SSSR count). The lowest BCUT2D eigenvalue weighted by Crippen LogP contribution is -2.27. The van der Waals surface area contributed by atoms with E-state index in [0.29, 0.717) is 0 Å². The van der Waals surface area contributed by atoms with Crippen molar-refractivity contribution in [3.05, 3.63) is 0 Å². The largest absolute Gasteiger partial charge is 0.458 e. The van der Waals surface area contributed by atoms with Crippen molar-refractivity contribution in [3.8, 4) is 18.0 Å². The number of hydrogen-bond acceptors (Lipinski definition) is 15. The maximum atomic E-state index is 11.6. The Labute approximate surface area is 167 Å². The summed E-state index contributed by atoms with van der Waals surface area (Å²) in [6.45, 7) is 3.85. The first-order valence-corrected chi connectivity index (χ1v) is 8.14. The molecule has 0 unspecified atom stereocenters. The van der Waals surface area contributed by atoms with Gasteiger partial charge in [0.25, 0.3) is 0 Å². The van der Waals surface area contributed by atoms with Crippen LogP contribution in [-0.2, 0) is 43.0 Å². The molecule has 0 spiro atoms. The Morgan fingerprint density at radius 3 is 0.933 bits per heavy atom. The van der Waals surface area contributed by atoms with Gasteiger partial charge in [0, 0.05) is 0 Å². The zero-order chi connectivity index (χ0) is 22.7. The molecule has 0 N–H and O–H groups in total. The van der Waals surface area contributed by atoms with Crippen LogP contribution in [0.3, 0.4) is 0 Å². The van der Waals surface area contributed by atoms with E-state index in [9.17, 15) is 28.8 Å². The molecule has 1 aromatic heterocycles. The van der Waals surface area contributed by atoms with Gasteiger partial charge >= 0.3 is 53.8 Å². The van der Waals surface area contributed by atoms with Crippen LogP contribution < -0.4 is 14.2 Å². The van der Waals surface area contributed by atoms with Crippen LogP contribution in [0.2, 0.25) is 0 Å². The van der Waals surface area contributed by atoms with E-state index >= 15 is 0 Å². The van der Waals surface area contributed by atoms with E-state index in [1.54, 1.807) is 0 Å². The van der Waals surface area contributed by atoms with Crippen molar-refractivity contribution >= 4 is 35.8 Å². The van der Waals surface area contributed by atoms with Crippen LogP contribution in [0.5, 0.6) is 18.0 Å². The summed E-state index contributed by atoms with van der Waals surface area (Å²) in [4.78, 5) is 78.9. The fraction of sp³-hybridized carbons (Fsp3) is 0.400. The summed E-state index contributed by atoms with van der Waals surface area (Å²) in [5, 5.41) is 0. The van der Waals surface area contributed by atoms with Crippen LogP contribution in [-0.4, -0.2) is 70.6 Å². The second-order valence-corrected chi connectivity index (χ2v) is 4.51. The van der Waals surface area contributed by atoms with Gasteiger partial charge in [-0.3, -0.25) is 0 Å². The third kappa shape index (κ3) is 7.45. The molecule has 0 atom stereocenters. The number of carbonyl (C=O) groups is 6. The van der Waals surface area contributed by atoms with Crippen molar-refractivity contribution in [2.24, 2.45) is 0 Å². The van der Waals surface area contributed by atoms with Gasteiger partial charge in [0.2, 0.25) is 0 Å².